The third kappa shape index (κ3) is 2.18. The molecule has 0 bridgehead atoms. The Labute approximate surface area is 92.9 Å². The largest absolute Gasteiger partial charge is 0.377 e. The van der Waals surface area contributed by atoms with Crippen LogP contribution in [-0.4, -0.2) is 41.6 Å². The van der Waals surface area contributed by atoms with Crippen molar-refractivity contribution < 1.29 is 9.53 Å². The summed E-state index contributed by atoms with van der Waals surface area (Å²) in [5.41, 5.74) is 2.24. The lowest BCUT2D eigenvalue weighted by Gasteiger charge is -2.34. The van der Waals surface area contributed by atoms with Crippen molar-refractivity contribution in [1.29, 1.82) is 0 Å². The number of nitrogens with zero attached hydrogens (tertiary/aromatic N) is 2. The SMILES string of the molecule is CCC1COCCN1C(=O)c1cscn1. The van der Waals surface area contributed by atoms with Crippen molar-refractivity contribution in [2.45, 2.75) is 19.4 Å². The van der Waals surface area contributed by atoms with Crippen molar-refractivity contribution in [2.24, 2.45) is 0 Å². The van der Waals surface area contributed by atoms with Crippen molar-refractivity contribution in [3.63, 3.8) is 0 Å². The number of hydrogen-bond acceptors (Lipinski definition) is 4. The van der Waals surface area contributed by atoms with Gasteiger partial charge in [-0.1, -0.05) is 6.92 Å². The second-order valence-electron chi connectivity index (χ2n) is 3.51. The molecule has 4 nitrogen and oxygen atoms in total. The van der Waals surface area contributed by atoms with Gasteiger partial charge in [0.1, 0.15) is 5.69 Å². The lowest BCUT2D eigenvalue weighted by molar-refractivity contribution is -0.00306. The Kier molecular flexibility index (Phi) is 3.33. The first kappa shape index (κ1) is 10.6. The average Bonchev–Trinajstić information content (AvgIpc) is 2.81. The zero-order chi connectivity index (χ0) is 10.7. The van der Waals surface area contributed by atoms with Crippen LogP contribution in [0.3, 0.4) is 0 Å². The zero-order valence-electron chi connectivity index (χ0n) is 8.68. The van der Waals surface area contributed by atoms with Crippen LogP contribution in [0.25, 0.3) is 0 Å². The summed E-state index contributed by atoms with van der Waals surface area (Å²) in [5, 5.41) is 1.80. The minimum atomic E-state index is 0.0337. The van der Waals surface area contributed by atoms with Gasteiger partial charge in [0, 0.05) is 11.9 Å². The zero-order valence-corrected chi connectivity index (χ0v) is 9.50. The first-order valence-electron chi connectivity index (χ1n) is 5.09. The first-order chi connectivity index (χ1) is 7.33. The Bertz CT molecular complexity index is 326. The van der Waals surface area contributed by atoms with E-state index >= 15 is 0 Å². The highest BCUT2D eigenvalue weighted by Crippen LogP contribution is 2.14. The Morgan fingerprint density at radius 2 is 2.67 bits per heavy atom. The van der Waals surface area contributed by atoms with Crippen LogP contribution < -0.4 is 0 Å². The predicted molar refractivity (Wildman–Crippen MR) is 58.0 cm³/mol. The van der Waals surface area contributed by atoms with Gasteiger partial charge >= 0.3 is 0 Å². The van der Waals surface area contributed by atoms with Crippen molar-refractivity contribution >= 4 is 17.2 Å². The smallest absolute Gasteiger partial charge is 0.273 e. The minimum absolute atomic E-state index is 0.0337. The topological polar surface area (TPSA) is 42.4 Å². The molecule has 1 saturated heterocycles. The number of carbonyl (C=O) groups excluding carboxylic acids is 1. The van der Waals surface area contributed by atoms with Crippen LogP contribution in [0.1, 0.15) is 23.8 Å². The van der Waals surface area contributed by atoms with Crippen LogP contribution in [0, 0.1) is 0 Å². The summed E-state index contributed by atoms with van der Waals surface area (Å²) in [6.07, 6.45) is 0.926. The van der Waals surface area contributed by atoms with Gasteiger partial charge in [-0.2, -0.15) is 0 Å². The van der Waals surface area contributed by atoms with Crippen LogP contribution in [-0.2, 0) is 4.74 Å². The molecule has 0 N–H and O–H groups in total. The van der Waals surface area contributed by atoms with E-state index in [0.717, 1.165) is 6.42 Å². The van der Waals surface area contributed by atoms with Gasteiger partial charge in [0.05, 0.1) is 24.8 Å². The number of morpholine rings is 1. The number of rotatable bonds is 2. The van der Waals surface area contributed by atoms with E-state index in [1.165, 1.54) is 11.3 Å². The van der Waals surface area contributed by atoms with Crippen LogP contribution in [0.15, 0.2) is 10.9 Å². The predicted octanol–water partition coefficient (Wildman–Crippen LogP) is 1.39. The van der Waals surface area contributed by atoms with E-state index in [4.69, 9.17) is 4.74 Å². The molecule has 0 radical (unpaired) electrons. The van der Waals surface area contributed by atoms with Crippen LogP contribution >= 0.6 is 11.3 Å². The summed E-state index contributed by atoms with van der Waals surface area (Å²) in [6, 6.07) is 0.202. The number of thiazole rings is 1. The molecule has 82 valence electrons. The third-order valence-corrected chi connectivity index (χ3v) is 3.20. The third-order valence-electron chi connectivity index (χ3n) is 2.61. The van der Waals surface area contributed by atoms with Gasteiger partial charge in [0.25, 0.3) is 5.91 Å². The van der Waals surface area contributed by atoms with Gasteiger partial charge in [-0.05, 0) is 6.42 Å². The second kappa shape index (κ2) is 4.72. The average molecular weight is 226 g/mol. The Balaban J connectivity index is 2.11. The molecule has 1 amide bonds. The van der Waals surface area contributed by atoms with Crippen molar-refractivity contribution in [3.05, 3.63) is 16.6 Å². The van der Waals surface area contributed by atoms with Crippen molar-refractivity contribution in [1.82, 2.24) is 9.88 Å². The maximum atomic E-state index is 12.0. The molecule has 0 saturated carbocycles. The number of amides is 1. The highest BCUT2D eigenvalue weighted by atomic mass is 32.1. The lowest BCUT2D eigenvalue weighted by atomic mass is 10.1. The highest BCUT2D eigenvalue weighted by molar-refractivity contribution is 7.07. The van der Waals surface area contributed by atoms with E-state index in [1.807, 2.05) is 4.90 Å². The van der Waals surface area contributed by atoms with Crippen LogP contribution in [0.4, 0.5) is 0 Å². The van der Waals surface area contributed by atoms with Gasteiger partial charge in [0.15, 0.2) is 0 Å². The summed E-state index contributed by atoms with van der Waals surface area (Å²) in [6.45, 7) is 4.02. The molecule has 0 aliphatic carbocycles. The molecule has 2 rings (SSSR count). The standard InChI is InChI=1S/C10H14N2O2S/c1-2-8-5-14-4-3-12(8)10(13)9-6-15-7-11-9/h6-8H,2-5H2,1H3. The first-order valence-corrected chi connectivity index (χ1v) is 6.04. The fourth-order valence-electron chi connectivity index (χ4n) is 1.73. The van der Waals surface area contributed by atoms with Crippen LogP contribution in [0.5, 0.6) is 0 Å². The van der Waals surface area contributed by atoms with E-state index in [0.29, 0.717) is 25.5 Å². The molecule has 5 heteroatoms. The summed E-state index contributed by atoms with van der Waals surface area (Å²) in [7, 11) is 0. The monoisotopic (exact) mass is 226 g/mol. The van der Waals surface area contributed by atoms with Crippen LogP contribution in [0.2, 0.25) is 0 Å². The fraction of sp³-hybridized carbons (Fsp3) is 0.600. The lowest BCUT2D eigenvalue weighted by Crippen LogP contribution is -2.48. The minimum Gasteiger partial charge on any atom is -0.377 e. The Morgan fingerprint density at radius 3 is 3.33 bits per heavy atom. The molecular weight excluding hydrogens is 212 g/mol. The van der Waals surface area contributed by atoms with E-state index in [1.54, 1.807) is 10.9 Å². The molecule has 1 fully saturated rings. The Hall–Kier alpha value is -0.940. The molecule has 15 heavy (non-hydrogen) atoms. The molecule has 0 spiro atoms. The number of hydrogen-bond donors (Lipinski definition) is 0. The van der Waals surface area contributed by atoms with Gasteiger partial charge in [0.2, 0.25) is 0 Å². The highest BCUT2D eigenvalue weighted by Gasteiger charge is 2.27. The van der Waals surface area contributed by atoms with Gasteiger partial charge in [-0.25, -0.2) is 4.98 Å². The number of carbonyl (C=O) groups is 1. The maximum absolute atomic E-state index is 12.0. The fourth-order valence-corrected chi connectivity index (χ4v) is 2.25. The van der Waals surface area contributed by atoms with Gasteiger partial charge < -0.3 is 9.64 Å². The van der Waals surface area contributed by atoms with E-state index in [9.17, 15) is 4.79 Å². The summed E-state index contributed by atoms with van der Waals surface area (Å²) >= 11 is 1.45. The van der Waals surface area contributed by atoms with E-state index in [-0.39, 0.29) is 11.9 Å². The molecule has 1 aliphatic heterocycles. The van der Waals surface area contributed by atoms with Crippen molar-refractivity contribution in [2.75, 3.05) is 19.8 Å². The molecule has 1 atom stereocenters. The van der Waals surface area contributed by atoms with Crippen molar-refractivity contribution in [3.8, 4) is 0 Å². The Morgan fingerprint density at radius 1 is 1.80 bits per heavy atom. The summed E-state index contributed by atoms with van der Waals surface area (Å²) < 4.78 is 5.36. The molecule has 0 aromatic carbocycles. The van der Waals surface area contributed by atoms with Gasteiger partial charge in [-0.3, -0.25) is 4.79 Å². The summed E-state index contributed by atoms with van der Waals surface area (Å²) in [4.78, 5) is 18.0. The second-order valence-corrected chi connectivity index (χ2v) is 4.23. The summed E-state index contributed by atoms with van der Waals surface area (Å²) in [5.74, 6) is 0.0337. The number of ether oxygens (including phenoxy) is 1. The van der Waals surface area contributed by atoms with E-state index in [2.05, 4.69) is 11.9 Å². The van der Waals surface area contributed by atoms with Gasteiger partial charge in [-0.15, -0.1) is 11.3 Å². The molecule has 1 aromatic heterocycles. The normalized spacial score (nSPS) is 21.7. The molecule has 1 unspecified atom stereocenters. The van der Waals surface area contributed by atoms with E-state index < -0.39 is 0 Å². The molecule has 1 aliphatic rings. The molecular formula is C10H14N2O2S. The molecule has 1 aromatic rings. The quantitative estimate of drug-likeness (QED) is 0.765. The number of aromatic nitrogens is 1. The maximum Gasteiger partial charge on any atom is 0.273 e. The molecule has 2 heterocycles.